The van der Waals surface area contributed by atoms with E-state index >= 15 is 0 Å². The second-order valence-electron chi connectivity index (χ2n) is 5.23. The number of amides is 2. The number of hydrazine groups is 1. The zero-order chi connectivity index (χ0) is 19.1. The molecule has 2 amide bonds. The first-order valence-corrected chi connectivity index (χ1v) is 8.21. The third-order valence-electron chi connectivity index (χ3n) is 3.35. The van der Waals surface area contributed by atoms with Crippen LogP contribution in [0.1, 0.15) is 34.1 Å². The Labute approximate surface area is 155 Å². The maximum Gasteiger partial charge on any atom is 0.272 e. The van der Waals surface area contributed by atoms with E-state index in [4.69, 9.17) is 21.1 Å². The van der Waals surface area contributed by atoms with Gasteiger partial charge in [-0.05, 0) is 30.7 Å². The van der Waals surface area contributed by atoms with E-state index in [1.54, 1.807) is 0 Å². The van der Waals surface area contributed by atoms with Gasteiger partial charge in [0, 0.05) is 5.56 Å². The normalized spacial score (nSPS) is 10.2. The van der Waals surface area contributed by atoms with E-state index in [0.29, 0.717) is 12.4 Å². The van der Waals surface area contributed by atoms with Crippen LogP contribution in [0.5, 0.6) is 11.5 Å². The highest BCUT2D eigenvalue weighted by Crippen LogP contribution is 2.36. The molecule has 8 heteroatoms. The van der Waals surface area contributed by atoms with Gasteiger partial charge in [0.1, 0.15) is 5.82 Å². The Morgan fingerprint density at radius 1 is 1.15 bits per heavy atom. The van der Waals surface area contributed by atoms with E-state index in [2.05, 4.69) is 10.9 Å². The van der Waals surface area contributed by atoms with Gasteiger partial charge in [-0.1, -0.05) is 30.7 Å². The van der Waals surface area contributed by atoms with E-state index in [-0.39, 0.29) is 21.9 Å². The molecule has 0 radical (unpaired) electrons. The Bertz CT molecular complexity index is 814. The lowest BCUT2D eigenvalue weighted by Crippen LogP contribution is -2.41. The number of carbonyl (C=O) groups is 2. The summed E-state index contributed by atoms with van der Waals surface area (Å²) < 4.78 is 24.3. The summed E-state index contributed by atoms with van der Waals surface area (Å²) in [5.74, 6) is -1.49. The fraction of sp³-hybridized carbons (Fsp3) is 0.222. The van der Waals surface area contributed by atoms with Crippen molar-refractivity contribution < 1.29 is 23.5 Å². The molecule has 2 aromatic carbocycles. The van der Waals surface area contributed by atoms with Crippen molar-refractivity contribution in [1.82, 2.24) is 10.9 Å². The number of carbonyl (C=O) groups excluding carboxylic acids is 2. The highest BCUT2D eigenvalue weighted by atomic mass is 35.5. The van der Waals surface area contributed by atoms with Gasteiger partial charge in [-0.2, -0.15) is 0 Å². The summed E-state index contributed by atoms with van der Waals surface area (Å²) in [7, 11) is 1.42. The van der Waals surface area contributed by atoms with Crippen LogP contribution < -0.4 is 20.3 Å². The molecule has 2 rings (SSSR count). The van der Waals surface area contributed by atoms with Crippen LogP contribution in [-0.2, 0) is 0 Å². The molecule has 6 nitrogen and oxygen atoms in total. The van der Waals surface area contributed by atoms with E-state index in [1.165, 1.54) is 37.4 Å². The summed E-state index contributed by atoms with van der Waals surface area (Å²) in [5, 5.41) is 0.198. The van der Waals surface area contributed by atoms with Crippen LogP contribution in [0.4, 0.5) is 4.39 Å². The van der Waals surface area contributed by atoms with Crippen molar-refractivity contribution in [3.05, 3.63) is 58.4 Å². The van der Waals surface area contributed by atoms with Gasteiger partial charge in [-0.25, -0.2) is 4.39 Å². The van der Waals surface area contributed by atoms with Gasteiger partial charge < -0.3 is 9.47 Å². The quantitative estimate of drug-likeness (QED) is 0.753. The Kier molecular flexibility index (Phi) is 6.80. The maximum atomic E-state index is 13.6. The molecule has 0 heterocycles. The first-order valence-electron chi connectivity index (χ1n) is 7.83. The van der Waals surface area contributed by atoms with Crippen molar-refractivity contribution in [2.24, 2.45) is 0 Å². The second-order valence-corrected chi connectivity index (χ2v) is 5.63. The highest BCUT2D eigenvalue weighted by molar-refractivity contribution is 6.32. The molecule has 0 saturated heterocycles. The summed E-state index contributed by atoms with van der Waals surface area (Å²) in [6.07, 6.45) is 0.782. The first kappa shape index (κ1) is 19.5. The van der Waals surface area contributed by atoms with Gasteiger partial charge >= 0.3 is 0 Å². The number of ether oxygens (including phenoxy) is 2. The number of nitrogens with one attached hydrogen (secondary N) is 2. The van der Waals surface area contributed by atoms with Crippen LogP contribution in [0.25, 0.3) is 0 Å². The van der Waals surface area contributed by atoms with Crippen molar-refractivity contribution in [1.29, 1.82) is 0 Å². The number of hydrogen-bond acceptors (Lipinski definition) is 4. The number of benzene rings is 2. The zero-order valence-corrected chi connectivity index (χ0v) is 15.0. The third kappa shape index (κ3) is 4.64. The van der Waals surface area contributed by atoms with E-state index in [9.17, 15) is 14.0 Å². The average molecular weight is 381 g/mol. The molecule has 0 aromatic heterocycles. The molecule has 138 valence electrons. The van der Waals surface area contributed by atoms with Crippen molar-refractivity contribution in [2.45, 2.75) is 13.3 Å². The largest absolute Gasteiger partial charge is 0.493 e. The third-order valence-corrected chi connectivity index (χ3v) is 3.63. The Balaban J connectivity index is 2.11. The summed E-state index contributed by atoms with van der Waals surface area (Å²) >= 11 is 6.15. The lowest BCUT2D eigenvalue weighted by atomic mass is 10.2. The minimum atomic E-state index is -0.780. The minimum absolute atomic E-state index is 0.143. The number of halogens is 2. The van der Waals surface area contributed by atoms with Crippen LogP contribution in [0.2, 0.25) is 5.02 Å². The molecular weight excluding hydrogens is 363 g/mol. The Morgan fingerprint density at radius 2 is 1.85 bits per heavy atom. The van der Waals surface area contributed by atoms with Gasteiger partial charge in [-0.3, -0.25) is 20.4 Å². The van der Waals surface area contributed by atoms with Gasteiger partial charge in [0.25, 0.3) is 11.8 Å². The van der Waals surface area contributed by atoms with Crippen LogP contribution in [0.3, 0.4) is 0 Å². The zero-order valence-electron chi connectivity index (χ0n) is 14.3. The lowest BCUT2D eigenvalue weighted by molar-refractivity contribution is 0.0844. The fourth-order valence-electron chi connectivity index (χ4n) is 2.09. The molecule has 0 atom stereocenters. The molecule has 2 aromatic rings. The molecule has 0 fully saturated rings. The number of methoxy groups -OCH3 is 1. The standard InChI is InChI=1S/C18H18ClFN2O4/c1-3-8-26-16-13(19)9-11(10-15(16)25-2)17(23)21-22-18(24)12-6-4-5-7-14(12)20/h4-7,9-10H,3,8H2,1-2H3,(H,21,23)(H,22,24). The van der Waals surface area contributed by atoms with Gasteiger partial charge in [0.15, 0.2) is 11.5 Å². The smallest absolute Gasteiger partial charge is 0.272 e. The SMILES string of the molecule is CCCOc1c(Cl)cc(C(=O)NNC(=O)c2ccccc2F)cc1OC. The molecular formula is C18H18ClFN2O4. The van der Waals surface area contributed by atoms with Crippen molar-refractivity contribution >= 4 is 23.4 Å². The first-order chi connectivity index (χ1) is 12.5. The van der Waals surface area contributed by atoms with Crippen molar-refractivity contribution in [2.75, 3.05) is 13.7 Å². The molecule has 0 spiro atoms. The van der Waals surface area contributed by atoms with Gasteiger partial charge in [-0.15, -0.1) is 0 Å². The monoisotopic (exact) mass is 380 g/mol. The van der Waals surface area contributed by atoms with Crippen molar-refractivity contribution in [3.63, 3.8) is 0 Å². The summed E-state index contributed by atoms with van der Waals surface area (Å²) in [6.45, 7) is 2.39. The van der Waals surface area contributed by atoms with Gasteiger partial charge in [0.05, 0.1) is 24.3 Å². The average Bonchev–Trinajstić information content (AvgIpc) is 2.64. The molecule has 0 saturated carbocycles. The summed E-state index contributed by atoms with van der Waals surface area (Å²) in [5.41, 5.74) is 4.31. The minimum Gasteiger partial charge on any atom is -0.493 e. The second kappa shape index (κ2) is 9.05. The molecule has 0 aliphatic carbocycles. The van der Waals surface area contributed by atoms with Crippen LogP contribution in [0, 0.1) is 5.82 Å². The van der Waals surface area contributed by atoms with Gasteiger partial charge in [0.2, 0.25) is 0 Å². The maximum absolute atomic E-state index is 13.6. The van der Waals surface area contributed by atoms with Crippen LogP contribution in [-0.4, -0.2) is 25.5 Å². The fourth-order valence-corrected chi connectivity index (χ4v) is 2.36. The predicted molar refractivity (Wildman–Crippen MR) is 95.1 cm³/mol. The Hall–Kier alpha value is -2.80. The van der Waals surface area contributed by atoms with E-state index < -0.39 is 17.6 Å². The molecule has 26 heavy (non-hydrogen) atoms. The Morgan fingerprint density at radius 3 is 2.50 bits per heavy atom. The van der Waals surface area contributed by atoms with Crippen molar-refractivity contribution in [3.8, 4) is 11.5 Å². The lowest BCUT2D eigenvalue weighted by Gasteiger charge is -2.14. The molecule has 0 unspecified atom stereocenters. The predicted octanol–water partition coefficient (Wildman–Crippen LogP) is 3.35. The molecule has 0 aliphatic heterocycles. The summed E-state index contributed by atoms with van der Waals surface area (Å²) in [4.78, 5) is 24.2. The molecule has 2 N–H and O–H groups in total. The highest BCUT2D eigenvalue weighted by Gasteiger charge is 2.17. The van der Waals surface area contributed by atoms with Crippen LogP contribution >= 0.6 is 11.6 Å². The summed E-state index contributed by atoms with van der Waals surface area (Å²) in [6, 6.07) is 8.24. The molecule has 0 bridgehead atoms. The number of rotatable bonds is 6. The number of hydrogen-bond donors (Lipinski definition) is 2. The van der Waals surface area contributed by atoms with Crippen LogP contribution in [0.15, 0.2) is 36.4 Å². The van der Waals surface area contributed by atoms with E-state index in [1.807, 2.05) is 6.92 Å². The topological polar surface area (TPSA) is 76.7 Å². The molecule has 0 aliphatic rings. The van der Waals surface area contributed by atoms with E-state index in [0.717, 1.165) is 12.5 Å².